The highest BCUT2D eigenvalue weighted by atomic mass is 32.2. The van der Waals surface area contributed by atoms with Crippen LogP contribution in [0.3, 0.4) is 0 Å². The lowest BCUT2D eigenvalue weighted by Crippen LogP contribution is -1.90. The number of thioether (sulfide) groups is 1. The monoisotopic (exact) mass is 495 g/mol. The number of aromatic nitrogens is 1. The average Bonchev–Trinajstić information content (AvgIpc) is 3.32. The van der Waals surface area contributed by atoms with Gasteiger partial charge < -0.3 is 4.98 Å². The summed E-state index contributed by atoms with van der Waals surface area (Å²) >= 11 is 1.76. The quantitative estimate of drug-likeness (QED) is 0.167. The summed E-state index contributed by atoms with van der Waals surface area (Å²) in [7, 11) is 0. The van der Waals surface area contributed by atoms with Crippen LogP contribution in [-0.4, -0.2) is 11.2 Å². The molecule has 1 heterocycles. The maximum atomic E-state index is 4.08. The summed E-state index contributed by atoms with van der Waals surface area (Å²) in [6, 6.07) is 26.4. The minimum absolute atomic E-state index is 0.959. The first-order valence-electron chi connectivity index (χ1n) is 12.2. The number of fused-ring (bicyclic) bond motifs is 2. The zero-order chi connectivity index (χ0) is 25.9. The molecule has 0 radical (unpaired) electrons. The van der Waals surface area contributed by atoms with Crippen molar-refractivity contribution in [2.45, 2.75) is 4.90 Å². The Morgan fingerprint density at radius 3 is 2.24 bits per heavy atom. The molecular weight excluding hydrogens is 466 g/mol. The summed E-state index contributed by atoms with van der Waals surface area (Å²) in [6.07, 6.45) is 11.5. The van der Waals surface area contributed by atoms with Crippen LogP contribution < -0.4 is 0 Å². The molecule has 0 aliphatic heterocycles. The van der Waals surface area contributed by atoms with E-state index in [1.807, 2.05) is 24.3 Å². The fraction of sp³-hybridized carbons (Fsp3) is 0.0286. The zero-order valence-corrected chi connectivity index (χ0v) is 21.9. The highest BCUT2D eigenvalue weighted by Gasteiger charge is 2.16. The molecule has 0 amide bonds. The molecule has 0 saturated carbocycles. The zero-order valence-electron chi connectivity index (χ0n) is 21.1. The minimum Gasteiger partial charge on any atom is -0.354 e. The van der Waals surface area contributed by atoms with E-state index in [1.54, 1.807) is 17.8 Å². The minimum atomic E-state index is 0.959. The number of benzene rings is 4. The summed E-state index contributed by atoms with van der Waals surface area (Å²) in [4.78, 5) is 4.78. The van der Waals surface area contributed by atoms with Gasteiger partial charge in [-0.3, -0.25) is 0 Å². The number of nitrogens with one attached hydrogen (secondary N) is 1. The maximum Gasteiger partial charge on any atom is 0.0544 e. The van der Waals surface area contributed by atoms with E-state index < -0.39 is 0 Å². The van der Waals surface area contributed by atoms with Crippen molar-refractivity contribution >= 4 is 51.2 Å². The topological polar surface area (TPSA) is 15.8 Å². The van der Waals surface area contributed by atoms with Crippen molar-refractivity contribution in [3.63, 3.8) is 0 Å². The lowest BCUT2D eigenvalue weighted by Gasteiger charge is -2.14. The van der Waals surface area contributed by atoms with Gasteiger partial charge in [0.25, 0.3) is 0 Å². The average molecular weight is 496 g/mol. The van der Waals surface area contributed by atoms with E-state index >= 15 is 0 Å². The third-order valence-corrected chi connectivity index (χ3v) is 7.60. The molecule has 5 rings (SSSR count). The van der Waals surface area contributed by atoms with Gasteiger partial charge in [-0.05, 0) is 81.3 Å². The van der Waals surface area contributed by atoms with E-state index in [-0.39, 0.29) is 0 Å². The Hall–Kier alpha value is -4.27. The molecule has 4 aromatic carbocycles. The van der Waals surface area contributed by atoms with Gasteiger partial charge in [-0.2, -0.15) is 0 Å². The summed E-state index contributed by atoms with van der Waals surface area (Å²) < 4.78 is 0. The van der Waals surface area contributed by atoms with Crippen LogP contribution in [0.15, 0.2) is 122 Å². The van der Waals surface area contributed by atoms with E-state index in [1.165, 1.54) is 32.4 Å². The first kappa shape index (κ1) is 24.4. The summed E-state index contributed by atoms with van der Waals surface area (Å²) in [5, 5.41) is 3.59. The Morgan fingerprint density at radius 2 is 1.54 bits per heavy atom. The van der Waals surface area contributed by atoms with Gasteiger partial charge in [-0.25, -0.2) is 0 Å². The molecule has 2 heteroatoms. The normalized spacial score (nSPS) is 11.5. The lowest BCUT2D eigenvalue weighted by molar-refractivity contribution is 1.41. The molecule has 37 heavy (non-hydrogen) atoms. The second-order valence-electron chi connectivity index (χ2n) is 8.85. The molecule has 1 N–H and O–H groups in total. The molecule has 1 nitrogen and oxygen atoms in total. The van der Waals surface area contributed by atoms with Crippen molar-refractivity contribution in [1.29, 1.82) is 0 Å². The fourth-order valence-corrected chi connectivity index (χ4v) is 5.58. The van der Waals surface area contributed by atoms with Crippen molar-refractivity contribution in [3.8, 4) is 22.3 Å². The summed E-state index contributed by atoms with van der Waals surface area (Å²) in [6.45, 7) is 16.1. The van der Waals surface area contributed by atoms with Crippen LogP contribution in [-0.2, 0) is 0 Å². The molecule has 0 saturated heterocycles. The van der Waals surface area contributed by atoms with Crippen LogP contribution in [0, 0.1) is 0 Å². The van der Waals surface area contributed by atoms with Gasteiger partial charge >= 0.3 is 0 Å². The van der Waals surface area contributed by atoms with E-state index in [4.69, 9.17) is 0 Å². The fourth-order valence-electron chi connectivity index (χ4n) is 4.98. The second-order valence-corrected chi connectivity index (χ2v) is 9.69. The van der Waals surface area contributed by atoms with E-state index in [9.17, 15) is 0 Å². The molecule has 0 aliphatic rings. The molecule has 0 unspecified atom stereocenters. The van der Waals surface area contributed by atoms with Crippen molar-refractivity contribution in [2.24, 2.45) is 0 Å². The van der Waals surface area contributed by atoms with Crippen molar-refractivity contribution in [1.82, 2.24) is 4.98 Å². The Balaban J connectivity index is 1.78. The first-order valence-corrected chi connectivity index (χ1v) is 13.4. The number of hydrogen-bond donors (Lipinski definition) is 1. The highest BCUT2D eigenvalue weighted by molar-refractivity contribution is 7.98. The third-order valence-electron chi connectivity index (χ3n) is 6.81. The summed E-state index contributed by atoms with van der Waals surface area (Å²) in [5.74, 6) is 0. The number of hydrogen-bond acceptors (Lipinski definition) is 1. The Morgan fingerprint density at radius 1 is 0.784 bits per heavy atom. The molecule has 180 valence electrons. The molecular formula is C35H29NS. The number of H-pyrrole nitrogens is 1. The van der Waals surface area contributed by atoms with E-state index in [0.717, 1.165) is 38.9 Å². The van der Waals surface area contributed by atoms with Crippen LogP contribution >= 0.6 is 11.8 Å². The smallest absolute Gasteiger partial charge is 0.0544 e. The maximum absolute atomic E-state index is 4.08. The van der Waals surface area contributed by atoms with Crippen molar-refractivity contribution in [2.75, 3.05) is 6.26 Å². The third kappa shape index (κ3) is 4.41. The Labute approximate surface area is 223 Å². The summed E-state index contributed by atoms with van der Waals surface area (Å²) in [5.41, 5.74) is 9.85. The van der Waals surface area contributed by atoms with Gasteiger partial charge in [0.2, 0.25) is 0 Å². The van der Waals surface area contributed by atoms with Gasteiger partial charge in [-0.1, -0.05) is 93.1 Å². The van der Waals surface area contributed by atoms with Crippen molar-refractivity contribution in [3.05, 3.63) is 134 Å². The molecule has 5 aromatic rings. The molecule has 0 atom stereocenters. The molecule has 0 bridgehead atoms. The standard InChI is InChI=1S/C35H29NS/c1-6-12-23(7-2)31-21-28(22-32-29(8-3)33(9-4)36-35(31)32)30-20-27(17-18-34(30)37-5)26-16-15-24-13-10-11-14-25(24)19-26/h6-22,36H,1-4H2,5H3/b23-12+. The van der Waals surface area contributed by atoms with Crippen LogP contribution in [0.5, 0.6) is 0 Å². The highest BCUT2D eigenvalue weighted by Crippen LogP contribution is 2.40. The van der Waals surface area contributed by atoms with Crippen LogP contribution in [0.4, 0.5) is 0 Å². The lowest BCUT2D eigenvalue weighted by atomic mass is 9.92. The molecule has 0 spiro atoms. The number of allylic oxidation sites excluding steroid dienone is 4. The SMILES string of the molecule is C=C/C=C(\C=C)c1cc(-c2cc(-c3ccc4ccccc4c3)ccc2SC)cc2c(C=C)c(C=C)[nH]c12. The number of rotatable bonds is 8. The molecule has 0 fully saturated rings. The van der Waals surface area contributed by atoms with Gasteiger partial charge in [0.1, 0.15) is 0 Å². The van der Waals surface area contributed by atoms with E-state index in [2.05, 4.69) is 110 Å². The van der Waals surface area contributed by atoms with Crippen molar-refractivity contribution < 1.29 is 0 Å². The van der Waals surface area contributed by atoms with Gasteiger partial charge in [0, 0.05) is 27.1 Å². The Bertz CT molecular complexity index is 1730. The first-order chi connectivity index (χ1) is 18.1. The van der Waals surface area contributed by atoms with Crippen LogP contribution in [0.25, 0.3) is 61.7 Å². The predicted octanol–water partition coefficient (Wildman–Crippen LogP) is 10.4. The van der Waals surface area contributed by atoms with Gasteiger partial charge in [-0.15, -0.1) is 11.8 Å². The Kier molecular flexibility index (Phi) is 6.85. The predicted molar refractivity (Wildman–Crippen MR) is 167 cm³/mol. The van der Waals surface area contributed by atoms with Gasteiger partial charge in [0.05, 0.1) is 5.52 Å². The number of aromatic amines is 1. The molecule has 0 aliphatic carbocycles. The van der Waals surface area contributed by atoms with Crippen LogP contribution in [0.2, 0.25) is 0 Å². The van der Waals surface area contributed by atoms with E-state index in [0.29, 0.717) is 0 Å². The molecule has 1 aromatic heterocycles. The van der Waals surface area contributed by atoms with Gasteiger partial charge in [0.15, 0.2) is 0 Å². The second kappa shape index (κ2) is 10.4. The van der Waals surface area contributed by atoms with Crippen LogP contribution in [0.1, 0.15) is 16.8 Å². The largest absolute Gasteiger partial charge is 0.354 e.